The summed E-state index contributed by atoms with van der Waals surface area (Å²) in [5, 5.41) is 27.4. The van der Waals surface area contributed by atoms with Gasteiger partial charge in [-0.25, -0.2) is 0 Å². The van der Waals surface area contributed by atoms with Gasteiger partial charge in [-0.05, 0) is 18.2 Å². The van der Waals surface area contributed by atoms with Gasteiger partial charge in [-0.2, -0.15) is 0 Å². The molecule has 3 N–H and O–H groups in total. The molecule has 5 heteroatoms. The van der Waals surface area contributed by atoms with Crippen molar-refractivity contribution in [3.63, 3.8) is 0 Å². The summed E-state index contributed by atoms with van der Waals surface area (Å²) in [7, 11) is 1.44. The highest BCUT2D eigenvalue weighted by molar-refractivity contribution is 5.68. The second-order valence-corrected chi connectivity index (χ2v) is 3.04. The number of phenolic OH excluding ortho intramolecular Hbond substituents is 1. The fraction of sp³-hybridized carbons (Fsp3) is 0.300. The molecule has 0 radical (unpaired) electrons. The van der Waals surface area contributed by atoms with Crippen molar-refractivity contribution < 1.29 is 24.9 Å². The second-order valence-electron chi connectivity index (χ2n) is 3.04. The topological polar surface area (TPSA) is 87.0 Å². The Labute approximate surface area is 86.5 Å². The average molecular weight is 212 g/mol. The zero-order chi connectivity index (χ0) is 11.4. The zero-order valence-corrected chi connectivity index (χ0v) is 8.17. The van der Waals surface area contributed by atoms with Crippen LogP contribution in [0.1, 0.15) is 18.1 Å². The van der Waals surface area contributed by atoms with E-state index in [0.29, 0.717) is 5.75 Å². The van der Waals surface area contributed by atoms with Crippen LogP contribution in [0.3, 0.4) is 0 Å². The molecule has 5 nitrogen and oxygen atoms in total. The highest BCUT2D eigenvalue weighted by Crippen LogP contribution is 2.29. The van der Waals surface area contributed by atoms with Gasteiger partial charge in [0, 0.05) is 5.56 Å². The molecule has 0 saturated carbocycles. The third kappa shape index (κ3) is 2.85. The van der Waals surface area contributed by atoms with Crippen LogP contribution in [0, 0.1) is 0 Å². The van der Waals surface area contributed by atoms with Crippen molar-refractivity contribution in [1.82, 2.24) is 0 Å². The Hall–Kier alpha value is -1.75. The summed E-state index contributed by atoms with van der Waals surface area (Å²) in [6, 6.07) is 4.27. The molecular formula is C10H12O5. The van der Waals surface area contributed by atoms with Crippen molar-refractivity contribution in [3.05, 3.63) is 23.8 Å². The van der Waals surface area contributed by atoms with Crippen molar-refractivity contribution in [2.75, 3.05) is 7.11 Å². The monoisotopic (exact) mass is 212 g/mol. The van der Waals surface area contributed by atoms with Gasteiger partial charge in [0.15, 0.2) is 0 Å². The van der Waals surface area contributed by atoms with E-state index >= 15 is 0 Å². The van der Waals surface area contributed by atoms with Crippen molar-refractivity contribution in [1.29, 1.82) is 0 Å². The summed E-state index contributed by atoms with van der Waals surface area (Å²) in [6.45, 7) is 0. The molecule has 1 aromatic carbocycles. The molecular weight excluding hydrogens is 200 g/mol. The number of carboxylic acid groups (broad SMARTS) is 1. The summed E-state index contributed by atoms with van der Waals surface area (Å²) in [5.41, 5.74) is 0.150. The molecule has 0 aromatic heterocycles. The molecule has 0 aliphatic carbocycles. The SMILES string of the molecule is COc1ccc(O)c(C(O)CC(=O)O)c1. The molecule has 0 fully saturated rings. The Morgan fingerprint density at radius 2 is 2.20 bits per heavy atom. The first-order valence-electron chi connectivity index (χ1n) is 4.31. The molecule has 0 bridgehead atoms. The van der Waals surface area contributed by atoms with Gasteiger partial charge in [-0.1, -0.05) is 0 Å². The molecule has 0 aliphatic heterocycles. The van der Waals surface area contributed by atoms with Crippen LogP contribution >= 0.6 is 0 Å². The Kier molecular flexibility index (Phi) is 3.51. The van der Waals surface area contributed by atoms with E-state index in [1.54, 1.807) is 0 Å². The minimum absolute atomic E-state index is 0.149. The van der Waals surface area contributed by atoms with Gasteiger partial charge in [-0.15, -0.1) is 0 Å². The number of carboxylic acids is 1. The van der Waals surface area contributed by atoms with Gasteiger partial charge in [0.1, 0.15) is 11.5 Å². The zero-order valence-electron chi connectivity index (χ0n) is 8.17. The van der Waals surface area contributed by atoms with Gasteiger partial charge >= 0.3 is 5.97 Å². The van der Waals surface area contributed by atoms with E-state index in [4.69, 9.17) is 9.84 Å². The average Bonchev–Trinajstić information content (AvgIpc) is 2.17. The molecule has 1 rings (SSSR count). The van der Waals surface area contributed by atoms with Gasteiger partial charge in [0.25, 0.3) is 0 Å². The first-order chi connectivity index (χ1) is 7.04. The number of phenols is 1. The number of aliphatic hydroxyl groups is 1. The summed E-state index contributed by atoms with van der Waals surface area (Å²) >= 11 is 0. The quantitative estimate of drug-likeness (QED) is 0.690. The first-order valence-corrected chi connectivity index (χ1v) is 4.31. The summed E-state index contributed by atoms with van der Waals surface area (Å²) in [4.78, 5) is 10.4. The highest BCUT2D eigenvalue weighted by atomic mass is 16.5. The van der Waals surface area contributed by atoms with Crippen LogP contribution in [0.5, 0.6) is 11.5 Å². The van der Waals surface area contributed by atoms with E-state index in [2.05, 4.69) is 0 Å². The van der Waals surface area contributed by atoms with Crippen molar-refractivity contribution in [3.8, 4) is 11.5 Å². The van der Waals surface area contributed by atoms with Crippen LogP contribution < -0.4 is 4.74 Å². The molecule has 0 heterocycles. The van der Waals surface area contributed by atoms with E-state index in [0.717, 1.165) is 0 Å². The molecule has 1 unspecified atom stereocenters. The molecule has 0 saturated heterocycles. The number of aromatic hydroxyl groups is 1. The standard InChI is InChI=1S/C10H12O5/c1-15-6-2-3-8(11)7(4-6)9(12)5-10(13)14/h2-4,9,11-12H,5H2,1H3,(H,13,14). The van der Waals surface area contributed by atoms with Crippen molar-refractivity contribution in [2.45, 2.75) is 12.5 Å². The number of rotatable bonds is 4. The number of aliphatic carboxylic acids is 1. The summed E-state index contributed by atoms with van der Waals surface area (Å²) in [5.74, 6) is -0.832. The van der Waals surface area contributed by atoms with Gasteiger partial charge < -0.3 is 20.1 Å². The normalized spacial score (nSPS) is 12.1. The summed E-state index contributed by atoms with van der Waals surface area (Å²) < 4.78 is 4.90. The third-order valence-corrected chi connectivity index (χ3v) is 1.96. The number of carbonyl (C=O) groups is 1. The lowest BCUT2D eigenvalue weighted by Crippen LogP contribution is -2.05. The maximum Gasteiger partial charge on any atom is 0.306 e. The number of ether oxygens (including phenoxy) is 1. The van der Waals surface area contributed by atoms with Crippen LogP contribution in [0.2, 0.25) is 0 Å². The minimum Gasteiger partial charge on any atom is -0.508 e. The minimum atomic E-state index is -1.24. The Bertz CT molecular complexity index is 361. The van der Waals surface area contributed by atoms with Crippen LogP contribution in [0.4, 0.5) is 0 Å². The molecule has 0 amide bonds. The lowest BCUT2D eigenvalue weighted by molar-refractivity contribution is -0.139. The summed E-state index contributed by atoms with van der Waals surface area (Å²) in [6.07, 6.45) is -1.70. The predicted octanol–water partition coefficient (Wildman–Crippen LogP) is 0.909. The largest absolute Gasteiger partial charge is 0.508 e. The Balaban J connectivity index is 2.95. The maximum atomic E-state index is 10.4. The highest BCUT2D eigenvalue weighted by Gasteiger charge is 2.16. The molecule has 82 valence electrons. The fourth-order valence-corrected chi connectivity index (χ4v) is 1.20. The number of aliphatic hydroxyl groups excluding tert-OH is 1. The number of hydrogen-bond acceptors (Lipinski definition) is 4. The van der Waals surface area contributed by atoms with Crippen LogP contribution in [0.15, 0.2) is 18.2 Å². The van der Waals surface area contributed by atoms with E-state index in [9.17, 15) is 15.0 Å². The van der Waals surface area contributed by atoms with E-state index in [1.165, 1.54) is 25.3 Å². The maximum absolute atomic E-state index is 10.4. The molecule has 1 atom stereocenters. The van der Waals surface area contributed by atoms with Crippen LogP contribution in [-0.2, 0) is 4.79 Å². The smallest absolute Gasteiger partial charge is 0.306 e. The second kappa shape index (κ2) is 4.65. The van der Waals surface area contributed by atoms with Gasteiger partial charge in [0.05, 0.1) is 19.6 Å². The van der Waals surface area contributed by atoms with Crippen LogP contribution in [0.25, 0.3) is 0 Å². The molecule has 0 aliphatic rings. The van der Waals surface area contributed by atoms with E-state index in [1.807, 2.05) is 0 Å². The number of methoxy groups -OCH3 is 1. The Morgan fingerprint density at radius 1 is 1.53 bits per heavy atom. The van der Waals surface area contributed by atoms with Gasteiger partial charge in [-0.3, -0.25) is 4.79 Å². The van der Waals surface area contributed by atoms with Crippen LogP contribution in [-0.4, -0.2) is 28.4 Å². The lowest BCUT2D eigenvalue weighted by atomic mass is 10.1. The molecule has 0 spiro atoms. The number of hydrogen-bond donors (Lipinski definition) is 3. The lowest BCUT2D eigenvalue weighted by Gasteiger charge is -2.11. The van der Waals surface area contributed by atoms with Gasteiger partial charge in [0.2, 0.25) is 0 Å². The number of benzene rings is 1. The van der Waals surface area contributed by atoms with E-state index < -0.39 is 18.5 Å². The van der Waals surface area contributed by atoms with Crippen molar-refractivity contribution in [2.24, 2.45) is 0 Å². The van der Waals surface area contributed by atoms with E-state index in [-0.39, 0.29) is 11.3 Å². The predicted molar refractivity (Wildman–Crippen MR) is 51.9 cm³/mol. The first kappa shape index (κ1) is 11.3. The third-order valence-electron chi connectivity index (χ3n) is 1.96. The Morgan fingerprint density at radius 3 is 2.73 bits per heavy atom. The van der Waals surface area contributed by atoms with Crippen molar-refractivity contribution >= 4 is 5.97 Å². The molecule has 15 heavy (non-hydrogen) atoms. The fourth-order valence-electron chi connectivity index (χ4n) is 1.20. The molecule has 1 aromatic rings.